The van der Waals surface area contributed by atoms with E-state index in [2.05, 4.69) is 10.3 Å². The number of hydrogen-bond acceptors (Lipinski definition) is 3. The number of nitrogens with two attached hydrogens (primary N) is 1. The van der Waals surface area contributed by atoms with Crippen LogP contribution in [0.5, 0.6) is 0 Å². The molecule has 0 saturated carbocycles. The van der Waals surface area contributed by atoms with Gasteiger partial charge in [0.05, 0.1) is 6.04 Å². The SMILES string of the molecule is C[C@@H](C(=O)NN)N1CCCC1. The fourth-order valence-electron chi connectivity index (χ4n) is 1.42. The monoisotopic (exact) mass is 157 g/mol. The second kappa shape index (κ2) is 3.69. The van der Waals surface area contributed by atoms with Gasteiger partial charge in [-0.1, -0.05) is 0 Å². The molecular formula is C7H15N3O. The molecule has 1 rings (SSSR count). The molecule has 1 fully saturated rings. The van der Waals surface area contributed by atoms with Gasteiger partial charge in [-0.2, -0.15) is 0 Å². The Morgan fingerprint density at radius 3 is 2.55 bits per heavy atom. The van der Waals surface area contributed by atoms with Crippen molar-refractivity contribution in [2.45, 2.75) is 25.8 Å². The molecule has 0 aromatic heterocycles. The van der Waals surface area contributed by atoms with Gasteiger partial charge in [0.2, 0.25) is 0 Å². The number of rotatable bonds is 2. The van der Waals surface area contributed by atoms with Crippen LogP contribution in [0.15, 0.2) is 0 Å². The van der Waals surface area contributed by atoms with E-state index in [9.17, 15) is 4.79 Å². The van der Waals surface area contributed by atoms with Gasteiger partial charge in [0.15, 0.2) is 0 Å². The molecule has 1 aliphatic rings. The summed E-state index contributed by atoms with van der Waals surface area (Å²) < 4.78 is 0. The van der Waals surface area contributed by atoms with Crippen molar-refractivity contribution in [2.75, 3.05) is 13.1 Å². The molecule has 1 atom stereocenters. The van der Waals surface area contributed by atoms with E-state index in [0.717, 1.165) is 13.1 Å². The van der Waals surface area contributed by atoms with Gasteiger partial charge in [-0.25, -0.2) is 5.84 Å². The predicted molar refractivity (Wildman–Crippen MR) is 42.6 cm³/mol. The van der Waals surface area contributed by atoms with E-state index in [1.165, 1.54) is 12.8 Å². The van der Waals surface area contributed by atoms with Crippen molar-refractivity contribution < 1.29 is 4.79 Å². The molecule has 1 saturated heterocycles. The minimum Gasteiger partial charge on any atom is -0.293 e. The summed E-state index contributed by atoms with van der Waals surface area (Å²) in [5.41, 5.74) is 2.16. The minimum atomic E-state index is -0.0908. The van der Waals surface area contributed by atoms with Gasteiger partial charge in [0.25, 0.3) is 5.91 Å². The highest BCUT2D eigenvalue weighted by Crippen LogP contribution is 2.10. The second-order valence-corrected chi connectivity index (χ2v) is 2.93. The number of hydrazine groups is 1. The summed E-state index contributed by atoms with van der Waals surface area (Å²) in [6.07, 6.45) is 2.39. The topological polar surface area (TPSA) is 58.4 Å². The Kier molecular flexibility index (Phi) is 2.84. The van der Waals surface area contributed by atoms with Crippen LogP contribution in [0.3, 0.4) is 0 Å². The van der Waals surface area contributed by atoms with Gasteiger partial charge >= 0.3 is 0 Å². The van der Waals surface area contributed by atoms with Gasteiger partial charge in [-0.15, -0.1) is 0 Å². The highest BCUT2D eigenvalue weighted by atomic mass is 16.2. The molecule has 11 heavy (non-hydrogen) atoms. The Bertz CT molecular complexity index is 143. The van der Waals surface area contributed by atoms with E-state index < -0.39 is 0 Å². The first kappa shape index (κ1) is 8.49. The molecule has 4 heteroatoms. The molecule has 1 aliphatic heterocycles. The van der Waals surface area contributed by atoms with Gasteiger partial charge in [0.1, 0.15) is 0 Å². The number of carbonyl (C=O) groups excluding carboxylic acids is 1. The number of nitrogens with one attached hydrogen (secondary N) is 1. The summed E-state index contributed by atoms with van der Waals surface area (Å²) in [6.45, 7) is 3.93. The van der Waals surface area contributed by atoms with Crippen LogP contribution < -0.4 is 11.3 Å². The molecule has 1 amide bonds. The highest BCUT2D eigenvalue weighted by molar-refractivity contribution is 5.80. The number of likely N-dealkylation sites (tertiary alicyclic amines) is 1. The molecule has 64 valence electrons. The average Bonchev–Trinajstić information content (AvgIpc) is 2.53. The first-order valence-corrected chi connectivity index (χ1v) is 4.00. The lowest BCUT2D eigenvalue weighted by atomic mass is 10.3. The summed E-state index contributed by atoms with van der Waals surface area (Å²) >= 11 is 0. The Hall–Kier alpha value is -0.610. The van der Waals surface area contributed by atoms with Crippen molar-refractivity contribution in [1.82, 2.24) is 10.3 Å². The highest BCUT2D eigenvalue weighted by Gasteiger charge is 2.22. The van der Waals surface area contributed by atoms with Gasteiger partial charge < -0.3 is 0 Å². The zero-order chi connectivity index (χ0) is 8.27. The Morgan fingerprint density at radius 2 is 2.09 bits per heavy atom. The molecule has 0 unspecified atom stereocenters. The molecule has 0 bridgehead atoms. The number of nitrogens with zero attached hydrogens (tertiary/aromatic N) is 1. The van der Waals surface area contributed by atoms with Crippen LogP contribution in [-0.4, -0.2) is 29.9 Å². The lowest BCUT2D eigenvalue weighted by Crippen LogP contribution is -2.46. The summed E-state index contributed by atoms with van der Waals surface area (Å²) in [6, 6.07) is -0.0671. The smallest absolute Gasteiger partial charge is 0.250 e. The minimum absolute atomic E-state index is 0.0671. The van der Waals surface area contributed by atoms with Crippen LogP contribution in [-0.2, 0) is 4.79 Å². The lowest BCUT2D eigenvalue weighted by Gasteiger charge is -2.21. The number of carbonyl (C=O) groups is 1. The van der Waals surface area contributed by atoms with Crippen molar-refractivity contribution in [3.8, 4) is 0 Å². The van der Waals surface area contributed by atoms with Crippen molar-refractivity contribution in [3.63, 3.8) is 0 Å². The van der Waals surface area contributed by atoms with E-state index in [1.54, 1.807) is 0 Å². The Morgan fingerprint density at radius 1 is 1.55 bits per heavy atom. The fraction of sp³-hybridized carbons (Fsp3) is 0.857. The maximum Gasteiger partial charge on any atom is 0.250 e. The number of amides is 1. The van der Waals surface area contributed by atoms with E-state index >= 15 is 0 Å². The summed E-state index contributed by atoms with van der Waals surface area (Å²) in [5, 5.41) is 0. The second-order valence-electron chi connectivity index (χ2n) is 2.93. The normalized spacial score (nSPS) is 21.6. The third-order valence-corrected chi connectivity index (χ3v) is 2.21. The predicted octanol–water partition coefficient (Wildman–Crippen LogP) is -0.539. The molecular weight excluding hydrogens is 142 g/mol. The molecule has 0 spiro atoms. The van der Waals surface area contributed by atoms with Crippen LogP contribution in [0.25, 0.3) is 0 Å². The maximum absolute atomic E-state index is 11.0. The largest absolute Gasteiger partial charge is 0.293 e. The third-order valence-electron chi connectivity index (χ3n) is 2.21. The molecule has 0 aromatic rings. The van der Waals surface area contributed by atoms with Crippen molar-refractivity contribution in [2.24, 2.45) is 5.84 Å². The van der Waals surface area contributed by atoms with E-state index in [-0.39, 0.29) is 11.9 Å². The van der Waals surface area contributed by atoms with E-state index in [1.807, 2.05) is 6.92 Å². The van der Waals surface area contributed by atoms with Gasteiger partial charge in [-0.3, -0.25) is 15.1 Å². The van der Waals surface area contributed by atoms with Gasteiger partial charge in [0, 0.05) is 0 Å². The lowest BCUT2D eigenvalue weighted by molar-refractivity contribution is -0.125. The third kappa shape index (κ3) is 1.91. The Labute approximate surface area is 66.7 Å². The maximum atomic E-state index is 11.0. The quantitative estimate of drug-likeness (QED) is 0.321. The van der Waals surface area contributed by atoms with Crippen LogP contribution >= 0.6 is 0 Å². The standard InChI is InChI=1S/C7H15N3O/c1-6(7(11)9-8)10-4-2-3-5-10/h6H,2-5,8H2,1H3,(H,9,11)/t6-/m0/s1. The first-order chi connectivity index (χ1) is 5.25. The fourth-order valence-corrected chi connectivity index (χ4v) is 1.42. The van der Waals surface area contributed by atoms with Crippen molar-refractivity contribution >= 4 is 5.91 Å². The average molecular weight is 157 g/mol. The van der Waals surface area contributed by atoms with Gasteiger partial charge in [-0.05, 0) is 32.9 Å². The summed E-state index contributed by atoms with van der Waals surface area (Å²) in [7, 11) is 0. The van der Waals surface area contributed by atoms with E-state index in [0.29, 0.717) is 0 Å². The van der Waals surface area contributed by atoms with Crippen molar-refractivity contribution in [3.05, 3.63) is 0 Å². The van der Waals surface area contributed by atoms with Crippen LogP contribution in [0.2, 0.25) is 0 Å². The van der Waals surface area contributed by atoms with Crippen molar-refractivity contribution in [1.29, 1.82) is 0 Å². The zero-order valence-electron chi connectivity index (χ0n) is 6.84. The molecule has 1 heterocycles. The van der Waals surface area contributed by atoms with Crippen LogP contribution in [0.4, 0.5) is 0 Å². The molecule has 0 radical (unpaired) electrons. The Balaban J connectivity index is 2.39. The zero-order valence-corrected chi connectivity index (χ0v) is 6.84. The number of hydrogen-bond donors (Lipinski definition) is 2. The molecule has 0 aliphatic carbocycles. The first-order valence-electron chi connectivity index (χ1n) is 4.00. The van der Waals surface area contributed by atoms with Crippen LogP contribution in [0.1, 0.15) is 19.8 Å². The summed E-state index contributed by atoms with van der Waals surface area (Å²) in [5.74, 6) is 4.92. The van der Waals surface area contributed by atoms with E-state index in [4.69, 9.17) is 5.84 Å². The van der Waals surface area contributed by atoms with Crippen LogP contribution in [0, 0.1) is 0 Å². The molecule has 0 aromatic carbocycles. The molecule has 4 nitrogen and oxygen atoms in total. The molecule has 3 N–H and O–H groups in total. The summed E-state index contributed by atoms with van der Waals surface area (Å²) in [4.78, 5) is 13.2.